The van der Waals surface area contributed by atoms with Gasteiger partial charge in [0.25, 0.3) is 0 Å². The fraction of sp³-hybridized carbons (Fsp3) is 0.0833. The number of nitrogens with zero attached hydrogens (tertiary/aromatic N) is 3. The van der Waals surface area contributed by atoms with Crippen LogP contribution in [0.25, 0.3) is 0 Å². The molecule has 0 aromatic carbocycles. The number of hydrogen-bond donors (Lipinski definition) is 1. The Morgan fingerprint density at radius 3 is 2.76 bits per heavy atom. The highest BCUT2D eigenvalue weighted by Gasteiger charge is 2.21. The van der Waals surface area contributed by atoms with Gasteiger partial charge in [0.2, 0.25) is 5.88 Å². The Balaban J connectivity index is 2.48. The van der Waals surface area contributed by atoms with Gasteiger partial charge in [-0.1, -0.05) is 0 Å². The summed E-state index contributed by atoms with van der Waals surface area (Å²) < 4.78 is 10.1. The van der Waals surface area contributed by atoms with E-state index >= 15 is 0 Å². The van der Waals surface area contributed by atoms with E-state index in [4.69, 9.17) is 14.6 Å². The Bertz CT molecular complexity index is 703. The first-order valence-electron chi connectivity index (χ1n) is 5.57. The van der Waals surface area contributed by atoms with E-state index in [1.54, 1.807) is 0 Å². The van der Waals surface area contributed by atoms with Crippen LogP contribution in [0.15, 0.2) is 30.6 Å². The Morgan fingerprint density at radius 2 is 2.14 bits per heavy atom. The van der Waals surface area contributed by atoms with E-state index in [1.807, 2.05) is 0 Å². The lowest BCUT2D eigenvalue weighted by Crippen LogP contribution is -2.03. The first kappa shape index (κ1) is 14.2. The lowest BCUT2D eigenvalue weighted by atomic mass is 10.2. The molecule has 1 N–H and O–H groups in total. The maximum absolute atomic E-state index is 11.1. The molecule has 9 heteroatoms. The summed E-state index contributed by atoms with van der Waals surface area (Å²) in [5.74, 6) is -1.70. The first-order valence-corrected chi connectivity index (χ1v) is 5.57. The first-order chi connectivity index (χ1) is 10.0. The largest absolute Gasteiger partial charge is 0.481 e. The van der Waals surface area contributed by atoms with Crippen molar-refractivity contribution in [2.24, 2.45) is 0 Å². The molecule has 2 aromatic heterocycles. The Kier molecular flexibility index (Phi) is 3.93. The van der Waals surface area contributed by atoms with Crippen LogP contribution < -0.4 is 9.47 Å². The molecule has 0 atom stereocenters. The summed E-state index contributed by atoms with van der Waals surface area (Å²) in [5, 5.41) is 20.0. The van der Waals surface area contributed by atoms with Crippen molar-refractivity contribution in [3.8, 4) is 17.5 Å². The van der Waals surface area contributed by atoms with Crippen molar-refractivity contribution in [2.75, 3.05) is 7.11 Å². The SMILES string of the molecule is COc1ccc([N+](=O)[O-])c(Oc2cnccc2C(=O)O)n1. The molecule has 2 rings (SSSR count). The maximum Gasteiger partial charge on any atom is 0.339 e. The standard InChI is InChI=1S/C12H9N3O6/c1-20-10-3-2-8(15(18)19)11(14-10)21-9-6-13-5-4-7(9)12(16)17/h2-6H,1H3,(H,16,17). The number of pyridine rings is 2. The van der Waals surface area contributed by atoms with Crippen molar-refractivity contribution in [3.05, 3.63) is 46.3 Å². The van der Waals surface area contributed by atoms with Crippen molar-refractivity contribution in [1.29, 1.82) is 0 Å². The normalized spacial score (nSPS) is 9.95. The summed E-state index contributed by atoms with van der Waals surface area (Å²) >= 11 is 0. The summed E-state index contributed by atoms with van der Waals surface area (Å²) in [4.78, 5) is 28.8. The van der Waals surface area contributed by atoms with Gasteiger partial charge in [-0.25, -0.2) is 4.79 Å². The molecule has 2 aromatic rings. The van der Waals surface area contributed by atoms with Crippen LogP contribution in [0.5, 0.6) is 17.5 Å². The average molecular weight is 291 g/mol. The summed E-state index contributed by atoms with van der Waals surface area (Å²) in [7, 11) is 1.34. The second-order valence-electron chi connectivity index (χ2n) is 3.71. The van der Waals surface area contributed by atoms with E-state index in [0.717, 1.165) is 12.3 Å². The van der Waals surface area contributed by atoms with Crippen LogP contribution in [0.3, 0.4) is 0 Å². The van der Waals surface area contributed by atoms with Gasteiger partial charge in [-0.3, -0.25) is 15.1 Å². The third kappa shape index (κ3) is 3.03. The van der Waals surface area contributed by atoms with E-state index < -0.39 is 16.6 Å². The molecular weight excluding hydrogens is 282 g/mol. The molecule has 0 saturated heterocycles. The van der Waals surface area contributed by atoms with Gasteiger partial charge in [-0.2, -0.15) is 4.98 Å². The number of ether oxygens (including phenoxy) is 2. The summed E-state index contributed by atoms with van der Waals surface area (Å²) in [6.07, 6.45) is 2.40. The molecule has 0 radical (unpaired) electrons. The van der Waals surface area contributed by atoms with Crippen molar-refractivity contribution in [3.63, 3.8) is 0 Å². The van der Waals surface area contributed by atoms with E-state index in [1.165, 1.54) is 25.4 Å². The Morgan fingerprint density at radius 1 is 1.38 bits per heavy atom. The molecule has 0 aliphatic rings. The average Bonchev–Trinajstić information content (AvgIpc) is 2.47. The lowest BCUT2D eigenvalue weighted by molar-refractivity contribution is -0.386. The van der Waals surface area contributed by atoms with Gasteiger partial charge in [-0.05, 0) is 6.07 Å². The maximum atomic E-state index is 11.1. The molecule has 9 nitrogen and oxygen atoms in total. The molecule has 0 fully saturated rings. The van der Waals surface area contributed by atoms with Gasteiger partial charge >= 0.3 is 17.5 Å². The predicted molar refractivity (Wildman–Crippen MR) is 68.7 cm³/mol. The molecule has 21 heavy (non-hydrogen) atoms. The molecule has 0 bridgehead atoms. The number of carboxylic acids is 1. The van der Waals surface area contributed by atoms with Crippen molar-refractivity contribution >= 4 is 11.7 Å². The molecule has 0 aliphatic heterocycles. The minimum atomic E-state index is -1.25. The highest BCUT2D eigenvalue weighted by Crippen LogP contribution is 2.32. The molecule has 2 heterocycles. The van der Waals surface area contributed by atoms with Crippen LogP contribution in [0.1, 0.15) is 10.4 Å². The van der Waals surface area contributed by atoms with E-state index in [2.05, 4.69) is 9.97 Å². The Hall–Kier alpha value is -3.23. The van der Waals surface area contributed by atoms with Gasteiger partial charge in [0.1, 0.15) is 5.56 Å². The topological polar surface area (TPSA) is 125 Å². The summed E-state index contributed by atoms with van der Waals surface area (Å²) in [6.45, 7) is 0. The zero-order valence-electron chi connectivity index (χ0n) is 10.7. The number of methoxy groups -OCH3 is 1. The van der Waals surface area contributed by atoms with Crippen LogP contribution in [0.4, 0.5) is 5.69 Å². The van der Waals surface area contributed by atoms with Crippen molar-refractivity contribution < 1.29 is 24.3 Å². The van der Waals surface area contributed by atoms with Crippen LogP contribution in [-0.4, -0.2) is 33.1 Å². The molecule has 0 amide bonds. The second-order valence-corrected chi connectivity index (χ2v) is 3.71. The van der Waals surface area contributed by atoms with Crippen LogP contribution >= 0.6 is 0 Å². The number of aromatic carboxylic acids is 1. The molecular formula is C12H9N3O6. The molecule has 0 saturated carbocycles. The van der Waals surface area contributed by atoms with E-state index in [0.29, 0.717) is 0 Å². The van der Waals surface area contributed by atoms with E-state index in [-0.39, 0.29) is 23.1 Å². The number of nitro groups is 1. The quantitative estimate of drug-likeness (QED) is 0.653. The van der Waals surface area contributed by atoms with Gasteiger partial charge < -0.3 is 14.6 Å². The predicted octanol–water partition coefficient (Wildman–Crippen LogP) is 1.88. The highest BCUT2D eigenvalue weighted by molar-refractivity contribution is 5.90. The van der Waals surface area contributed by atoms with Crippen molar-refractivity contribution in [1.82, 2.24) is 9.97 Å². The summed E-state index contributed by atoms with van der Waals surface area (Å²) in [5.41, 5.74) is -0.611. The van der Waals surface area contributed by atoms with Gasteiger partial charge in [0.15, 0.2) is 5.75 Å². The van der Waals surface area contributed by atoms with Crippen molar-refractivity contribution in [2.45, 2.75) is 0 Å². The number of aromatic nitrogens is 2. The van der Waals surface area contributed by atoms with E-state index in [9.17, 15) is 14.9 Å². The van der Waals surface area contributed by atoms with Gasteiger partial charge in [0.05, 0.1) is 18.2 Å². The number of carbonyl (C=O) groups is 1. The van der Waals surface area contributed by atoms with Gasteiger partial charge in [-0.15, -0.1) is 0 Å². The zero-order valence-corrected chi connectivity index (χ0v) is 10.7. The fourth-order valence-corrected chi connectivity index (χ4v) is 1.49. The smallest absolute Gasteiger partial charge is 0.339 e. The third-order valence-electron chi connectivity index (χ3n) is 2.44. The van der Waals surface area contributed by atoms with Gasteiger partial charge in [0, 0.05) is 18.3 Å². The zero-order chi connectivity index (χ0) is 15.4. The monoisotopic (exact) mass is 291 g/mol. The number of hydrogen-bond acceptors (Lipinski definition) is 7. The number of rotatable bonds is 5. The molecule has 108 valence electrons. The highest BCUT2D eigenvalue weighted by atomic mass is 16.6. The van der Waals surface area contributed by atoms with Crippen LogP contribution in [0, 0.1) is 10.1 Å². The van der Waals surface area contributed by atoms with Crippen LogP contribution in [0.2, 0.25) is 0 Å². The van der Waals surface area contributed by atoms with Crippen LogP contribution in [-0.2, 0) is 0 Å². The molecule has 0 spiro atoms. The molecule has 0 aliphatic carbocycles. The number of carboxylic acid groups (broad SMARTS) is 1. The summed E-state index contributed by atoms with van der Waals surface area (Å²) in [6, 6.07) is 3.66. The lowest BCUT2D eigenvalue weighted by Gasteiger charge is -2.08. The minimum Gasteiger partial charge on any atom is -0.481 e. The molecule has 0 unspecified atom stereocenters. The Labute approximate surface area is 117 Å². The second kappa shape index (κ2) is 5.82. The fourth-order valence-electron chi connectivity index (χ4n) is 1.49. The minimum absolute atomic E-state index is 0.0939. The third-order valence-corrected chi connectivity index (χ3v) is 2.44.